The molecular weight excluding hydrogens is 409 g/mol. The van der Waals surface area contributed by atoms with Crippen LogP contribution in [0, 0.1) is 6.92 Å². The van der Waals surface area contributed by atoms with Gasteiger partial charge in [0.05, 0.1) is 24.1 Å². The van der Waals surface area contributed by atoms with Crippen molar-refractivity contribution < 1.29 is 22.7 Å². The fraction of sp³-hybridized carbons (Fsp3) is 0.136. The van der Waals surface area contributed by atoms with Crippen molar-refractivity contribution in [3.8, 4) is 17.0 Å². The number of alkyl halides is 3. The van der Waals surface area contributed by atoms with E-state index in [0.29, 0.717) is 17.1 Å². The van der Waals surface area contributed by atoms with Crippen LogP contribution in [-0.2, 0) is 6.18 Å². The quantitative estimate of drug-likeness (QED) is 0.500. The van der Waals surface area contributed by atoms with Gasteiger partial charge < -0.3 is 14.5 Å². The number of hydrogen-bond donors (Lipinski definition) is 1. The van der Waals surface area contributed by atoms with Gasteiger partial charge in [-0.25, -0.2) is 4.98 Å². The Morgan fingerprint density at radius 3 is 2.61 bits per heavy atom. The van der Waals surface area contributed by atoms with E-state index in [1.807, 2.05) is 41.9 Å². The molecule has 0 aliphatic heterocycles. The lowest BCUT2D eigenvalue weighted by molar-refractivity contribution is -0.141. The summed E-state index contributed by atoms with van der Waals surface area (Å²) in [6.45, 7) is 1.98. The first-order valence-electron chi connectivity index (χ1n) is 9.23. The molecule has 31 heavy (non-hydrogen) atoms. The van der Waals surface area contributed by atoms with E-state index in [1.54, 1.807) is 12.1 Å². The molecule has 4 aromatic rings. The van der Waals surface area contributed by atoms with Gasteiger partial charge in [-0.2, -0.15) is 13.2 Å². The van der Waals surface area contributed by atoms with E-state index in [0.717, 1.165) is 35.1 Å². The maximum atomic E-state index is 12.7. The first kappa shape index (κ1) is 20.4. The molecule has 3 heterocycles. The number of benzene rings is 1. The van der Waals surface area contributed by atoms with Crippen LogP contribution in [0.3, 0.4) is 0 Å². The molecule has 0 bridgehead atoms. The summed E-state index contributed by atoms with van der Waals surface area (Å²) in [5.74, 6) is -0.209. The number of halogens is 3. The topological polar surface area (TPSA) is 68.5 Å². The molecule has 4 rings (SSSR count). The molecule has 0 aliphatic rings. The first-order chi connectivity index (χ1) is 14.7. The Bertz CT molecular complexity index is 1260. The van der Waals surface area contributed by atoms with Crippen molar-refractivity contribution in [1.82, 2.24) is 14.4 Å². The van der Waals surface area contributed by atoms with Crippen LogP contribution in [0.1, 0.15) is 21.6 Å². The zero-order valence-corrected chi connectivity index (χ0v) is 16.6. The molecule has 0 saturated carbocycles. The summed E-state index contributed by atoms with van der Waals surface area (Å²) in [7, 11) is 1.46. The van der Waals surface area contributed by atoms with Gasteiger partial charge in [0.1, 0.15) is 17.1 Å². The molecule has 0 aliphatic carbocycles. The third-order valence-electron chi connectivity index (χ3n) is 4.68. The Morgan fingerprint density at radius 2 is 1.94 bits per heavy atom. The maximum Gasteiger partial charge on any atom is 0.433 e. The maximum absolute atomic E-state index is 12.7. The van der Waals surface area contributed by atoms with E-state index >= 15 is 0 Å². The minimum absolute atomic E-state index is 0.0105. The molecule has 1 N–H and O–H groups in total. The number of carbonyl (C=O) groups is 1. The largest absolute Gasteiger partial charge is 0.495 e. The van der Waals surface area contributed by atoms with Gasteiger partial charge in [-0.05, 0) is 55.0 Å². The average Bonchev–Trinajstić information content (AvgIpc) is 3.16. The molecule has 9 heteroatoms. The third-order valence-corrected chi connectivity index (χ3v) is 4.68. The van der Waals surface area contributed by atoms with Crippen LogP contribution in [0.2, 0.25) is 0 Å². The van der Waals surface area contributed by atoms with Gasteiger partial charge in [0.2, 0.25) is 0 Å². The lowest BCUT2D eigenvalue weighted by atomic mass is 10.1. The number of rotatable bonds is 4. The van der Waals surface area contributed by atoms with E-state index < -0.39 is 17.8 Å². The van der Waals surface area contributed by atoms with Gasteiger partial charge in [0, 0.05) is 24.2 Å². The number of hydrogen-bond acceptors (Lipinski definition) is 4. The highest BCUT2D eigenvalue weighted by Gasteiger charge is 2.32. The van der Waals surface area contributed by atoms with Gasteiger partial charge in [-0.3, -0.25) is 9.78 Å². The predicted octanol–water partition coefficient (Wildman–Crippen LogP) is 4.98. The number of fused-ring (bicyclic) bond motifs is 1. The highest BCUT2D eigenvalue weighted by molar-refractivity contribution is 6.05. The zero-order valence-electron chi connectivity index (χ0n) is 16.6. The minimum atomic E-state index is -4.57. The standard InChI is InChI=1S/C22H17F3N4O2/c1-13-7-8-29-12-17(27-20(29)9-13)14-3-5-18(31-2)16(10-14)28-21(30)15-4-6-19(26-11-15)22(23,24)25/h3-12H,1-2H3,(H,28,30). The second kappa shape index (κ2) is 7.75. The molecule has 0 unspecified atom stereocenters. The summed E-state index contributed by atoms with van der Waals surface area (Å²) in [6, 6.07) is 11.0. The molecule has 0 fully saturated rings. The number of nitrogens with zero attached hydrogens (tertiary/aromatic N) is 3. The van der Waals surface area contributed by atoms with Gasteiger partial charge in [-0.1, -0.05) is 0 Å². The van der Waals surface area contributed by atoms with Crippen LogP contribution >= 0.6 is 0 Å². The van der Waals surface area contributed by atoms with Crippen LogP contribution in [0.25, 0.3) is 16.9 Å². The summed E-state index contributed by atoms with van der Waals surface area (Å²) >= 11 is 0. The Labute approximate surface area is 175 Å². The predicted molar refractivity (Wildman–Crippen MR) is 109 cm³/mol. The molecule has 0 atom stereocenters. The van der Waals surface area contributed by atoms with Crippen LogP contribution in [0.5, 0.6) is 5.75 Å². The van der Waals surface area contributed by atoms with Gasteiger partial charge in [0.25, 0.3) is 5.91 Å². The van der Waals surface area contributed by atoms with Gasteiger partial charge >= 0.3 is 6.18 Å². The Morgan fingerprint density at radius 1 is 1.13 bits per heavy atom. The summed E-state index contributed by atoms with van der Waals surface area (Å²) in [5.41, 5.74) is 2.58. The zero-order chi connectivity index (χ0) is 22.2. The Balaban J connectivity index is 1.63. The van der Waals surface area contributed by atoms with E-state index in [-0.39, 0.29) is 5.56 Å². The molecule has 0 radical (unpaired) electrons. The summed E-state index contributed by atoms with van der Waals surface area (Å²) in [6.07, 6.45) is 0.0884. The molecule has 1 aromatic carbocycles. The summed E-state index contributed by atoms with van der Waals surface area (Å²) in [5, 5.41) is 2.67. The first-order valence-corrected chi connectivity index (χ1v) is 9.23. The SMILES string of the molecule is COc1ccc(-c2cn3ccc(C)cc3n2)cc1NC(=O)c1ccc(C(F)(F)F)nc1. The van der Waals surface area contributed by atoms with Gasteiger partial charge in [-0.15, -0.1) is 0 Å². The second-order valence-corrected chi connectivity index (χ2v) is 6.89. The highest BCUT2D eigenvalue weighted by atomic mass is 19.4. The van der Waals surface area contributed by atoms with E-state index in [2.05, 4.69) is 15.3 Å². The summed E-state index contributed by atoms with van der Waals surface area (Å²) in [4.78, 5) is 20.5. The number of anilines is 1. The Hall–Kier alpha value is -3.88. The monoisotopic (exact) mass is 426 g/mol. The number of aryl methyl sites for hydroxylation is 1. The molecule has 6 nitrogen and oxygen atoms in total. The van der Waals surface area contributed by atoms with Crippen LogP contribution in [0.4, 0.5) is 18.9 Å². The fourth-order valence-electron chi connectivity index (χ4n) is 3.08. The van der Waals surface area contributed by atoms with E-state index in [4.69, 9.17) is 4.74 Å². The molecule has 158 valence electrons. The molecule has 3 aromatic heterocycles. The van der Waals surface area contributed by atoms with Crippen molar-refractivity contribution in [1.29, 1.82) is 0 Å². The molecular formula is C22H17F3N4O2. The van der Waals surface area contributed by atoms with Crippen molar-refractivity contribution in [2.24, 2.45) is 0 Å². The number of pyridine rings is 2. The van der Waals surface area contributed by atoms with E-state index in [9.17, 15) is 18.0 Å². The van der Waals surface area contributed by atoms with Crippen LogP contribution in [-0.4, -0.2) is 27.4 Å². The number of amides is 1. The third kappa shape index (κ3) is 4.20. The number of aromatic nitrogens is 3. The van der Waals surface area contributed by atoms with Crippen molar-refractivity contribution in [3.63, 3.8) is 0 Å². The number of nitrogens with one attached hydrogen (secondary N) is 1. The lowest BCUT2D eigenvalue weighted by Crippen LogP contribution is -2.14. The van der Waals surface area contributed by atoms with Gasteiger partial charge in [0.15, 0.2) is 0 Å². The smallest absolute Gasteiger partial charge is 0.433 e. The van der Waals surface area contributed by atoms with Crippen molar-refractivity contribution >= 4 is 17.2 Å². The fourth-order valence-corrected chi connectivity index (χ4v) is 3.08. The van der Waals surface area contributed by atoms with Crippen molar-refractivity contribution in [2.75, 3.05) is 12.4 Å². The van der Waals surface area contributed by atoms with Crippen LogP contribution in [0.15, 0.2) is 61.1 Å². The van der Waals surface area contributed by atoms with E-state index in [1.165, 1.54) is 7.11 Å². The molecule has 0 spiro atoms. The number of methoxy groups -OCH3 is 1. The summed E-state index contributed by atoms with van der Waals surface area (Å²) < 4.78 is 45.2. The molecule has 0 saturated heterocycles. The van der Waals surface area contributed by atoms with Crippen LogP contribution < -0.4 is 10.1 Å². The average molecular weight is 426 g/mol. The second-order valence-electron chi connectivity index (χ2n) is 6.89. The Kier molecular flexibility index (Phi) is 5.10. The molecule has 1 amide bonds. The number of ether oxygens (including phenoxy) is 1. The lowest BCUT2D eigenvalue weighted by Gasteiger charge is -2.12. The normalized spacial score (nSPS) is 11.5. The van der Waals surface area contributed by atoms with Crippen molar-refractivity contribution in [3.05, 3.63) is 77.9 Å². The minimum Gasteiger partial charge on any atom is -0.495 e. The number of carbonyl (C=O) groups excluding carboxylic acids is 1. The highest BCUT2D eigenvalue weighted by Crippen LogP contribution is 2.31. The number of imidazole rings is 1. The van der Waals surface area contributed by atoms with Crippen molar-refractivity contribution in [2.45, 2.75) is 13.1 Å².